The van der Waals surface area contributed by atoms with Crippen molar-refractivity contribution in [1.29, 1.82) is 0 Å². The smallest absolute Gasteiger partial charge is 0.341 e. The van der Waals surface area contributed by atoms with E-state index in [1.807, 2.05) is 35.9 Å². The number of H-pyrrole nitrogens is 1. The maximum atomic E-state index is 12.5. The maximum absolute atomic E-state index is 12.5. The number of carbonyl (C=O) groups excluding carboxylic acids is 1. The van der Waals surface area contributed by atoms with E-state index in [2.05, 4.69) is 10.1 Å². The number of rotatable bonds is 4. The highest BCUT2D eigenvalue weighted by Gasteiger charge is 2.22. The van der Waals surface area contributed by atoms with Gasteiger partial charge in [-0.15, -0.1) is 0 Å². The number of esters is 1. The van der Waals surface area contributed by atoms with Gasteiger partial charge in [-0.3, -0.25) is 9.48 Å². The summed E-state index contributed by atoms with van der Waals surface area (Å²) in [6.45, 7) is 1.84. The monoisotopic (exact) mass is 365 g/mol. The zero-order valence-corrected chi connectivity index (χ0v) is 15.4. The Balaban J connectivity index is 1.49. The summed E-state index contributed by atoms with van der Waals surface area (Å²) in [6.07, 6.45) is 7.46. The fraction of sp³-hybridized carbons (Fsp3) is 0.381. The molecular weight excluding hydrogens is 342 g/mol. The van der Waals surface area contributed by atoms with Crippen molar-refractivity contribution < 1.29 is 9.53 Å². The van der Waals surface area contributed by atoms with Crippen molar-refractivity contribution in [2.24, 2.45) is 0 Å². The van der Waals surface area contributed by atoms with Gasteiger partial charge in [-0.25, -0.2) is 4.79 Å². The summed E-state index contributed by atoms with van der Waals surface area (Å²) in [7, 11) is 0. The van der Waals surface area contributed by atoms with Gasteiger partial charge in [-0.2, -0.15) is 5.10 Å². The number of carbonyl (C=O) groups is 1. The Morgan fingerprint density at radius 2 is 2.04 bits per heavy atom. The van der Waals surface area contributed by atoms with Crippen LogP contribution in [0, 0.1) is 6.92 Å². The van der Waals surface area contributed by atoms with Gasteiger partial charge in [0.15, 0.2) is 0 Å². The minimum Gasteiger partial charge on any atom is -0.457 e. The number of ether oxygens (including phenoxy) is 1. The van der Waals surface area contributed by atoms with Crippen LogP contribution in [0.2, 0.25) is 0 Å². The molecule has 0 unspecified atom stereocenters. The lowest BCUT2D eigenvalue weighted by Crippen LogP contribution is -2.17. The molecule has 0 radical (unpaired) electrons. The molecule has 140 valence electrons. The number of benzene rings is 1. The van der Waals surface area contributed by atoms with Crippen LogP contribution in [0.4, 0.5) is 0 Å². The average molecular weight is 365 g/mol. The van der Waals surface area contributed by atoms with Crippen LogP contribution < -0.4 is 5.56 Å². The molecule has 6 heteroatoms. The zero-order chi connectivity index (χ0) is 18.8. The molecule has 1 aromatic carbocycles. The highest BCUT2D eigenvalue weighted by atomic mass is 16.5. The molecule has 1 aliphatic rings. The van der Waals surface area contributed by atoms with Crippen LogP contribution in [0.25, 0.3) is 10.9 Å². The van der Waals surface area contributed by atoms with Gasteiger partial charge in [0.2, 0.25) is 0 Å². The highest BCUT2D eigenvalue weighted by Crippen LogP contribution is 2.29. The van der Waals surface area contributed by atoms with Gasteiger partial charge in [-0.1, -0.05) is 37.5 Å². The van der Waals surface area contributed by atoms with Crippen LogP contribution in [0.15, 0.2) is 41.3 Å². The first-order chi connectivity index (χ1) is 13.1. The second-order valence-corrected chi connectivity index (χ2v) is 7.17. The van der Waals surface area contributed by atoms with Crippen molar-refractivity contribution in [1.82, 2.24) is 14.8 Å². The van der Waals surface area contributed by atoms with Gasteiger partial charge in [-0.05, 0) is 37.3 Å². The first-order valence-electron chi connectivity index (χ1n) is 9.45. The fourth-order valence-electron chi connectivity index (χ4n) is 3.84. The van der Waals surface area contributed by atoms with Crippen molar-refractivity contribution >= 4 is 16.9 Å². The van der Waals surface area contributed by atoms with Crippen molar-refractivity contribution in [3.05, 3.63) is 63.7 Å². The third kappa shape index (κ3) is 3.52. The molecule has 1 saturated carbocycles. The van der Waals surface area contributed by atoms with E-state index in [1.165, 1.54) is 19.3 Å². The number of pyridine rings is 1. The molecular formula is C21H23N3O3. The summed E-state index contributed by atoms with van der Waals surface area (Å²) < 4.78 is 7.37. The lowest BCUT2D eigenvalue weighted by atomic mass is 9.95. The Morgan fingerprint density at radius 3 is 2.85 bits per heavy atom. The SMILES string of the molecule is Cc1c(C(=O)OCc2cc3ccccc3[nH]c2=O)cnn1C1CCCCC1. The third-order valence-electron chi connectivity index (χ3n) is 5.37. The second-order valence-electron chi connectivity index (χ2n) is 7.17. The predicted octanol–water partition coefficient (Wildman–Crippen LogP) is 3.90. The van der Waals surface area contributed by atoms with Crippen LogP contribution in [0.3, 0.4) is 0 Å². The number of para-hydroxylation sites is 1. The maximum Gasteiger partial charge on any atom is 0.341 e. The molecule has 2 aromatic heterocycles. The molecule has 3 aromatic rings. The molecule has 0 saturated heterocycles. The van der Waals surface area contributed by atoms with Gasteiger partial charge >= 0.3 is 5.97 Å². The van der Waals surface area contributed by atoms with Gasteiger partial charge < -0.3 is 9.72 Å². The summed E-state index contributed by atoms with van der Waals surface area (Å²) in [5.74, 6) is -0.442. The molecule has 27 heavy (non-hydrogen) atoms. The van der Waals surface area contributed by atoms with E-state index >= 15 is 0 Å². The van der Waals surface area contributed by atoms with Crippen LogP contribution in [-0.4, -0.2) is 20.7 Å². The molecule has 0 spiro atoms. The number of fused-ring (bicyclic) bond motifs is 1. The van der Waals surface area contributed by atoms with Crippen LogP contribution in [0.5, 0.6) is 0 Å². The highest BCUT2D eigenvalue weighted by molar-refractivity contribution is 5.90. The molecule has 0 bridgehead atoms. The number of nitrogens with zero attached hydrogens (tertiary/aromatic N) is 2. The lowest BCUT2D eigenvalue weighted by Gasteiger charge is -2.23. The summed E-state index contributed by atoms with van der Waals surface area (Å²) in [6, 6.07) is 9.65. The van der Waals surface area contributed by atoms with E-state index in [4.69, 9.17) is 4.74 Å². The van der Waals surface area contributed by atoms with E-state index < -0.39 is 5.97 Å². The second kappa shape index (κ2) is 7.39. The number of hydrogen-bond acceptors (Lipinski definition) is 4. The van der Waals surface area contributed by atoms with Crippen molar-refractivity contribution in [3.8, 4) is 0 Å². The minimum absolute atomic E-state index is 0.0625. The molecule has 1 fully saturated rings. The topological polar surface area (TPSA) is 77.0 Å². The van der Waals surface area contributed by atoms with Gasteiger partial charge in [0.05, 0.1) is 23.5 Å². The minimum atomic E-state index is -0.442. The standard InChI is InChI=1S/C21H23N3O3/c1-14-18(12-22-24(14)17-8-3-2-4-9-17)21(26)27-13-16-11-15-7-5-6-10-19(15)23-20(16)25/h5-7,10-12,17H,2-4,8-9,13H2,1H3,(H,23,25). The first-order valence-corrected chi connectivity index (χ1v) is 9.45. The fourth-order valence-corrected chi connectivity index (χ4v) is 3.84. The van der Waals surface area contributed by atoms with E-state index in [0.29, 0.717) is 17.2 Å². The van der Waals surface area contributed by atoms with Crippen LogP contribution in [0.1, 0.15) is 59.8 Å². The van der Waals surface area contributed by atoms with Gasteiger partial charge in [0.1, 0.15) is 12.2 Å². The number of hydrogen-bond donors (Lipinski definition) is 1. The number of aromatic nitrogens is 3. The predicted molar refractivity (Wildman–Crippen MR) is 103 cm³/mol. The summed E-state index contributed by atoms with van der Waals surface area (Å²) in [4.78, 5) is 27.5. The van der Waals surface area contributed by atoms with Gasteiger partial charge in [0.25, 0.3) is 5.56 Å². The summed E-state index contributed by atoms with van der Waals surface area (Å²) in [5, 5.41) is 5.33. The molecule has 0 amide bonds. The third-order valence-corrected chi connectivity index (χ3v) is 5.37. The molecule has 1 aliphatic carbocycles. The summed E-state index contributed by atoms with van der Waals surface area (Å²) in [5.41, 5.74) is 2.26. The van der Waals surface area contributed by atoms with E-state index in [-0.39, 0.29) is 12.2 Å². The largest absolute Gasteiger partial charge is 0.457 e. The van der Waals surface area contributed by atoms with E-state index in [1.54, 1.807) is 12.3 Å². The Labute approximate surface area is 157 Å². The van der Waals surface area contributed by atoms with Crippen molar-refractivity contribution in [3.63, 3.8) is 0 Å². The van der Waals surface area contributed by atoms with E-state index in [9.17, 15) is 9.59 Å². The lowest BCUT2D eigenvalue weighted by molar-refractivity contribution is 0.0470. The molecule has 6 nitrogen and oxygen atoms in total. The molecule has 0 atom stereocenters. The zero-order valence-electron chi connectivity index (χ0n) is 15.4. The Morgan fingerprint density at radius 1 is 1.26 bits per heavy atom. The molecule has 4 rings (SSSR count). The Hall–Kier alpha value is -2.89. The average Bonchev–Trinajstić information content (AvgIpc) is 3.08. The van der Waals surface area contributed by atoms with Crippen molar-refractivity contribution in [2.75, 3.05) is 0 Å². The van der Waals surface area contributed by atoms with Crippen LogP contribution >= 0.6 is 0 Å². The van der Waals surface area contributed by atoms with Crippen LogP contribution in [-0.2, 0) is 11.3 Å². The van der Waals surface area contributed by atoms with E-state index in [0.717, 1.165) is 29.4 Å². The van der Waals surface area contributed by atoms with Crippen molar-refractivity contribution in [2.45, 2.75) is 51.7 Å². The quantitative estimate of drug-likeness (QED) is 0.712. The van der Waals surface area contributed by atoms with Gasteiger partial charge in [0, 0.05) is 5.52 Å². The Bertz CT molecular complexity index is 1030. The Kier molecular flexibility index (Phi) is 4.79. The number of aromatic amines is 1. The molecule has 2 heterocycles. The molecule has 0 aliphatic heterocycles. The molecule has 1 N–H and O–H groups in total. The number of nitrogens with one attached hydrogen (secondary N) is 1. The summed E-state index contributed by atoms with van der Waals surface area (Å²) >= 11 is 0. The first kappa shape index (κ1) is 17.5. The normalized spacial score (nSPS) is 15.1.